The highest BCUT2D eigenvalue weighted by atomic mass is 35.5. The fraction of sp³-hybridized carbons (Fsp3) is 0.517. The van der Waals surface area contributed by atoms with Crippen LogP contribution < -0.4 is 10.1 Å². The number of halogens is 2. The molecule has 2 heterocycles. The van der Waals surface area contributed by atoms with Crippen molar-refractivity contribution in [3.8, 4) is 5.75 Å². The third-order valence-electron chi connectivity index (χ3n) is 7.61. The van der Waals surface area contributed by atoms with Crippen molar-refractivity contribution in [1.29, 1.82) is 0 Å². The lowest BCUT2D eigenvalue weighted by atomic mass is 9.80. The number of carboxylic acid groups (broad SMARTS) is 1. The number of pyridine rings is 1. The zero-order chi connectivity index (χ0) is 32.0. The first-order valence-corrected chi connectivity index (χ1v) is 15.1. The first kappa shape index (κ1) is 33.1. The Hall–Kier alpha value is -3.84. The summed E-state index contributed by atoms with van der Waals surface area (Å²) in [6, 6.07) is 4.29. The van der Waals surface area contributed by atoms with Crippen LogP contribution in [0.5, 0.6) is 5.75 Å². The summed E-state index contributed by atoms with van der Waals surface area (Å²) in [6.45, 7) is 4.51. The van der Waals surface area contributed by atoms with Crippen LogP contribution >= 0.6 is 23.2 Å². The Morgan fingerprint density at radius 2 is 1.61 bits per heavy atom. The number of amides is 3. The van der Waals surface area contributed by atoms with E-state index in [-0.39, 0.29) is 79.4 Å². The standard InChI is InChI=1S/C29H34Cl2N4O9/c1-3-42-26(38)17(25(37)34-10-12-35(13-11-34)28(41)43-4-2)6-9-32-24(36)22-16-23(44-29(27(39)40)7-5-8-29)18-14-19(30)20(31)15-21(18)33-22/h14-17H,3-13H2,1-2H3,(H,32,36)(H,39,40). The quantitative estimate of drug-likeness (QED) is 0.271. The zero-order valence-electron chi connectivity index (χ0n) is 24.4. The number of carbonyl (C=O) groups excluding carboxylic acids is 4. The van der Waals surface area contributed by atoms with Crippen molar-refractivity contribution in [2.75, 3.05) is 45.9 Å². The van der Waals surface area contributed by atoms with Gasteiger partial charge in [0.25, 0.3) is 5.91 Å². The molecule has 1 aromatic carbocycles. The van der Waals surface area contributed by atoms with E-state index in [4.69, 9.17) is 37.4 Å². The highest BCUT2D eigenvalue weighted by Gasteiger charge is 2.47. The van der Waals surface area contributed by atoms with Gasteiger partial charge < -0.3 is 34.4 Å². The maximum atomic E-state index is 13.3. The van der Waals surface area contributed by atoms with Gasteiger partial charge in [-0.2, -0.15) is 0 Å². The average molecular weight is 654 g/mol. The second kappa shape index (κ2) is 14.3. The van der Waals surface area contributed by atoms with Crippen LogP contribution in [0.15, 0.2) is 18.2 Å². The number of piperazine rings is 1. The van der Waals surface area contributed by atoms with Crippen LogP contribution in [0, 0.1) is 5.92 Å². The van der Waals surface area contributed by atoms with Crippen molar-refractivity contribution in [2.24, 2.45) is 5.92 Å². The molecule has 2 fully saturated rings. The third kappa shape index (κ3) is 7.27. The van der Waals surface area contributed by atoms with Gasteiger partial charge in [-0.1, -0.05) is 23.2 Å². The van der Waals surface area contributed by atoms with Gasteiger partial charge in [-0.05, 0) is 51.7 Å². The molecule has 1 aromatic heterocycles. The second-order valence-corrected chi connectivity index (χ2v) is 11.2. The molecule has 15 heteroatoms. The van der Waals surface area contributed by atoms with Crippen molar-refractivity contribution in [3.05, 3.63) is 33.9 Å². The van der Waals surface area contributed by atoms with Gasteiger partial charge in [0.1, 0.15) is 17.4 Å². The van der Waals surface area contributed by atoms with Gasteiger partial charge in [0, 0.05) is 44.2 Å². The fourth-order valence-corrected chi connectivity index (χ4v) is 5.33. The van der Waals surface area contributed by atoms with Crippen molar-refractivity contribution < 1.29 is 43.3 Å². The molecule has 44 heavy (non-hydrogen) atoms. The Bertz CT molecular complexity index is 1440. The molecule has 0 radical (unpaired) electrons. The summed E-state index contributed by atoms with van der Waals surface area (Å²) in [7, 11) is 0. The summed E-state index contributed by atoms with van der Waals surface area (Å²) in [5, 5.41) is 13.2. The number of hydrogen-bond donors (Lipinski definition) is 2. The molecule has 1 aliphatic carbocycles. The molecule has 2 aromatic rings. The number of nitrogens with one attached hydrogen (secondary N) is 1. The van der Waals surface area contributed by atoms with Crippen LogP contribution in [0.2, 0.25) is 10.0 Å². The Balaban J connectivity index is 1.47. The van der Waals surface area contributed by atoms with Crippen molar-refractivity contribution in [2.45, 2.75) is 45.1 Å². The molecule has 4 rings (SSSR count). The molecule has 1 saturated carbocycles. The number of rotatable bonds is 11. The Morgan fingerprint density at radius 1 is 0.977 bits per heavy atom. The van der Waals surface area contributed by atoms with E-state index in [0.717, 1.165) is 0 Å². The van der Waals surface area contributed by atoms with Crippen LogP contribution in [0.4, 0.5) is 4.79 Å². The van der Waals surface area contributed by atoms with E-state index < -0.39 is 41.4 Å². The molecule has 238 valence electrons. The lowest BCUT2D eigenvalue weighted by Gasteiger charge is -2.38. The van der Waals surface area contributed by atoms with Gasteiger partial charge >= 0.3 is 18.0 Å². The Morgan fingerprint density at radius 3 is 2.20 bits per heavy atom. The molecular weight excluding hydrogens is 619 g/mol. The topological polar surface area (TPSA) is 165 Å². The minimum atomic E-state index is -1.43. The van der Waals surface area contributed by atoms with Gasteiger partial charge in [-0.25, -0.2) is 14.6 Å². The van der Waals surface area contributed by atoms with E-state index in [9.17, 15) is 29.1 Å². The monoisotopic (exact) mass is 652 g/mol. The van der Waals surface area contributed by atoms with Crippen LogP contribution in [0.25, 0.3) is 10.9 Å². The van der Waals surface area contributed by atoms with Gasteiger partial charge in [-0.15, -0.1) is 0 Å². The minimum absolute atomic E-state index is 0.0536. The molecule has 1 saturated heterocycles. The number of hydrogen-bond acceptors (Lipinski definition) is 9. The number of benzene rings is 1. The van der Waals surface area contributed by atoms with Gasteiger partial charge in [-0.3, -0.25) is 14.4 Å². The SMILES string of the molecule is CCOC(=O)C(CCNC(=O)c1cc(OC2(C(=O)O)CCC2)c2cc(Cl)c(Cl)cc2n1)C(=O)N1CCN(C(=O)OCC)CC1. The maximum absolute atomic E-state index is 13.3. The number of aromatic nitrogens is 1. The third-order valence-corrected chi connectivity index (χ3v) is 8.33. The average Bonchev–Trinajstić information content (AvgIpc) is 2.97. The van der Waals surface area contributed by atoms with E-state index in [1.165, 1.54) is 28.0 Å². The van der Waals surface area contributed by atoms with Crippen LogP contribution in [0.1, 0.15) is 50.0 Å². The van der Waals surface area contributed by atoms with Crippen molar-refractivity contribution >= 4 is 64.0 Å². The lowest BCUT2D eigenvalue weighted by Crippen LogP contribution is -2.53. The molecule has 3 amide bonds. The molecule has 1 unspecified atom stereocenters. The number of carboxylic acids is 1. The smallest absolute Gasteiger partial charge is 0.409 e. The first-order valence-electron chi connectivity index (χ1n) is 14.4. The highest BCUT2D eigenvalue weighted by molar-refractivity contribution is 6.42. The largest absolute Gasteiger partial charge is 0.478 e. The normalized spacial score (nSPS) is 16.5. The molecular formula is C29H34Cl2N4O9. The van der Waals surface area contributed by atoms with Crippen LogP contribution in [-0.2, 0) is 23.9 Å². The second-order valence-electron chi connectivity index (χ2n) is 10.4. The molecule has 13 nitrogen and oxygen atoms in total. The van der Waals surface area contributed by atoms with Gasteiger partial charge in [0.2, 0.25) is 11.5 Å². The maximum Gasteiger partial charge on any atom is 0.409 e. The van der Waals surface area contributed by atoms with Gasteiger partial charge in [0.05, 0.1) is 28.8 Å². The number of fused-ring (bicyclic) bond motifs is 1. The van der Waals surface area contributed by atoms with Crippen molar-refractivity contribution in [3.63, 3.8) is 0 Å². The summed E-state index contributed by atoms with van der Waals surface area (Å²) >= 11 is 12.4. The fourth-order valence-electron chi connectivity index (χ4n) is 5.01. The number of ether oxygens (including phenoxy) is 3. The Kier molecular flexibility index (Phi) is 10.7. The van der Waals surface area contributed by atoms with E-state index in [2.05, 4.69) is 10.3 Å². The summed E-state index contributed by atoms with van der Waals surface area (Å²) < 4.78 is 16.1. The van der Waals surface area contributed by atoms with E-state index in [1.54, 1.807) is 13.8 Å². The predicted molar refractivity (Wildman–Crippen MR) is 159 cm³/mol. The van der Waals surface area contributed by atoms with E-state index in [0.29, 0.717) is 24.6 Å². The van der Waals surface area contributed by atoms with E-state index >= 15 is 0 Å². The van der Waals surface area contributed by atoms with E-state index in [1.807, 2.05) is 0 Å². The number of carbonyl (C=O) groups is 5. The molecule has 1 atom stereocenters. The predicted octanol–water partition coefficient (Wildman–Crippen LogP) is 3.53. The van der Waals surface area contributed by atoms with Crippen LogP contribution in [0.3, 0.4) is 0 Å². The molecule has 0 spiro atoms. The summed E-state index contributed by atoms with van der Waals surface area (Å²) in [5.41, 5.74) is -1.24. The summed E-state index contributed by atoms with van der Waals surface area (Å²) in [4.78, 5) is 70.6. The minimum Gasteiger partial charge on any atom is -0.478 e. The molecule has 2 N–H and O–H groups in total. The number of aliphatic carboxylic acids is 1. The summed E-state index contributed by atoms with van der Waals surface area (Å²) in [6.07, 6.45) is 0.765. The lowest BCUT2D eigenvalue weighted by molar-refractivity contribution is -0.163. The highest BCUT2D eigenvalue weighted by Crippen LogP contribution is 2.40. The first-order chi connectivity index (χ1) is 21.0. The summed E-state index contributed by atoms with van der Waals surface area (Å²) in [5.74, 6) is -4.00. The molecule has 0 bridgehead atoms. The van der Waals surface area contributed by atoms with Crippen molar-refractivity contribution in [1.82, 2.24) is 20.1 Å². The van der Waals surface area contributed by atoms with Gasteiger partial charge in [0.15, 0.2) is 0 Å². The number of esters is 1. The Labute approximate surface area is 263 Å². The van der Waals surface area contributed by atoms with Crippen LogP contribution in [-0.4, -0.2) is 101 Å². The molecule has 2 aliphatic rings. The number of nitrogens with zero attached hydrogens (tertiary/aromatic N) is 3. The molecule has 1 aliphatic heterocycles. The zero-order valence-corrected chi connectivity index (χ0v) is 25.9.